The van der Waals surface area contributed by atoms with Crippen molar-refractivity contribution in [2.45, 2.75) is 40.7 Å². The van der Waals surface area contributed by atoms with Crippen molar-refractivity contribution >= 4 is 17.4 Å². The molecule has 1 aliphatic heterocycles. The van der Waals surface area contributed by atoms with E-state index in [-0.39, 0.29) is 11.3 Å². The van der Waals surface area contributed by atoms with Gasteiger partial charge in [-0.2, -0.15) is 0 Å². The summed E-state index contributed by atoms with van der Waals surface area (Å²) >= 11 is 0. The van der Waals surface area contributed by atoms with Crippen LogP contribution in [0.3, 0.4) is 0 Å². The molecule has 0 aliphatic carbocycles. The van der Waals surface area contributed by atoms with Crippen LogP contribution in [0.4, 0.5) is 0 Å². The number of likely N-dealkylation sites (tertiary alicyclic amines) is 1. The minimum absolute atomic E-state index is 0.134. The fourth-order valence-electron chi connectivity index (χ4n) is 4.28. The molecule has 1 fully saturated rings. The highest BCUT2D eigenvalue weighted by molar-refractivity contribution is 6.46. The summed E-state index contributed by atoms with van der Waals surface area (Å²) in [6, 6.07) is 14.2. The molecule has 2 aromatic carbocycles. The summed E-state index contributed by atoms with van der Waals surface area (Å²) in [7, 11) is 0. The molecule has 0 unspecified atom stereocenters. The number of carbonyl (C=O) groups excluding carboxylic acids is 2. The lowest BCUT2D eigenvalue weighted by atomic mass is 9.94. The fraction of sp³-hybridized carbons (Fsp3) is 0.429. The van der Waals surface area contributed by atoms with Crippen LogP contribution in [0.1, 0.15) is 50.4 Å². The van der Waals surface area contributed by atoms with E-state index in [1.54, 1.807) is 17.0 Å². The number of aliphatic hydroxyl groups is 1. The Labute approximate surface area is 202 Å². The van der Waals surface area contributed by atoms with E-state index in [9.17, 15) is 14.7 Å². The molecule has 0 bridgehead atoms. The van der Waals surface area contributed by atoms with E-state index < -0.39 is 17.7 Å². The van der Waals surface area contributed by atoms with Crippen molar-refractivity contribution in [3.63, 3.8) is 0 Å². The Morgan fingerprint density at radius 1 is 1.09 bits per heavy atom. The molecule has 182 valence electrons. The van der Waals surface area contributed by atoms with Crippen molar-refractivity contribution in [1.29, 1.82) is 0 Å². The van der Waals surface area contributed by atoms with Gasteiger partial charge in [0.15, 0.2) is 0 Å². The number of ketones is 1. The molecule has 0 aromatic heterocycles. The van der Waals surface area contributed by atoms with Gasteiger partial charge < -0.3 is 19.6 Å². The third-order valence-electron chi connectivity index (χ3n) is 6.24. The number of amides is 1. The standard InChI is InChI=1S/C28H36N2O4/c1-6-29(7-2)15-16-30-25(21-11-9-8-10-12-21)24(27(32)28(30)33)26(31)23-14-13-22(17-20(23)5)34-18-19(3)4/h8-14,17,19,25,31H,6-7,15-16,18H2,1-5H3/b26-24+/t25-/m1/s1. The molecule has 0 radical (unpaired) electrons. The summed E-state index contributed by atoms with van der Waals surface area (Å²) in [4.78, 5) is 30.1. The van der Waals surface area contributed by atoms with Crippen LogP contribution in [0.2, 0.25) is 0 Å². The molecular weight excluding hydrogens is 428 g/mol. The van der Waals surface area contributed by atoms with Gasteiger partial charge in [-0.25, -0.2) is 0 Å². The lowest BCUT2D eigenvalue weighted by molar-refractivity contribution is -0.140. The molecule has 6 nitrogen and oxygen atoms in total. The number of aliphatic hydroxyl groups excluding tert-OH is 1. The van der Waals surface area contributed by atoms with Gasteiger partial charge in [-0.3, -0.25) is 9.59 Å². The van der Waals surface area contributed by atoms with Gasteiger partial charge in [0.2, 0.25) is 0 Å². The second-order valence-electron chi connectivity index (χ2n) is 9.11. The maximum Gasteiger partial charge on any atom is 0.295 e. The first-order valence-electron chi connectivity index (χ1n) is 12.1. The number of carbonyl (C=O) groups is 2. The van der Waals surface area contributed by atoms with Crippen molar-refractivity contribution in [3.05, 3.63) is 70.8 Å². The Balaban J connectivity index is 2.03. The summed E-state index contributed by atoms with van der Waals surface area (Å²) < 4.78 is 5.80. The highest BCUT2D eigenvalue weighted by Crippen LogP contribution is 2.40. The van der Waals surface area contributed by atoms with E-state index >= 15 is 0 Å². The van der Waals surface area contributed by atoms with Crippen LogP contribution in [-0.4, -0.2) is 59.4 Å². The third kappa shape index (κ3) is 5.50. The number of benzene rings is 2. The molecule has 1 aliphatic rings. The van der Waals surface area contributed by atoms with Gasteiger partial charge in [-0.15, -0.1) is 0 Å². The number of aryl methyl sites for hydroxylation is 1. The van der Waals surface area contributed by atoms with Crippen LogP contribution in [0.15, 0.2) is 54.1 Å². The van der Waals surface area contributed by atoms with Gasteiger partial charge in [0, 0.05) is 18.7 Å². The maximum atomic E-state index is 13.2. The number of nitrogens with zero attached hydrogens (tertiary/aromatic N) is 2. The van der Waals surface area contributed by atoms with E-state index in [0.717, 1.165) is 24.2 Å². The van der Waals surface area contributed by atoms with E-state index in [4.69, 9.17) is 4.74 Å². The molecule has 1 N–H and O–H groups in total. The number of ether oxygens (including phenoxy) is 1. The van der Waals surface area contributed by atoms with E-state index in [0.29, 0.717) is 36.9 Å². The summed E-state index contributed by atoms with van der Waals surface area (Å²) in [6.07, 6.45) is 0. The molecule has 1 heterocycles. The second kappa shape index (κ2) is 11.3. The molecular formula is C28H36N2O4. The number of Topliss-reactive ketones (excluding diaryl/α,β-unsaturated/α-hetero) is 1. The first-order valence-corrected chi connectivity index (χ1v) is 12.1. The fourth-order valence-corrected chi connectivity index (χ4v) is 4.28. The Bertz CT molecular complexity index is 1040. The van der Waals surface area contributed by atoms with Crippen molar-refractivity contribution in [2.75, 3.05) is 32.8 Å². The number of rotatable bonds is 10. The molecule has 34 heavy (non-hydrogen) atoms. The number of hydrogen-bond donors (Lipinski definition) is 1. The first kappa shape index (κ1) is 25.5. The topological polar surface area (TPSA) is 70.1 Å². The Kier molecular flexibility index (Phi) is 8.51. The van der Waals surface area contributed by atoms with Crippen LogP contribution in [0.5, 0.6) is 5.75 Å². The predicted molar refractivity (Wildman–Crippen MR) is 135 cm³/mol. The average molecular weight is 465 g/mol. The molecule has 1 saturated heterocycles. The minimum atomic E-state index is -0.648. The molecule has 6 heteroatoms. The Morgan fingerprint density at radius 2 is 1.76 bits per heavy atom. The lowest BCUT2D eigenvalue weighted by Gasteiger charge is -2.28. The highest BCUT2D eigenvalue weighted by atomic mass is 16.5. The van der Waals surface area contributed by atoms with Gasteiger partial charge in [-0.1, -0.05) is 58.0 Å². The zero-order valence-electron chi connectivity index (χ0n) is 20.9. The maximum absolute atomic E-state index is 13.2. The highest BCUT2D eigenvalue weighted by Gasteiger charge is 2.46. The van der Waals surface area contributed by atoms with Crippen LogP contribution in [-0.2, 0) is 9.59 Å². The molecule has 0 saturated carbocycles. The van der Waals surface area contributed by atoms with Gasteiger partial charge in [0.1, 0.15) is 11.5 Å². The zero-order chi connectivity index (χ0) is 24.8. The molecule has 1 amide bonds. The summed E-state index contributed by atoms with van der Waals surface area (Å²) in [6.45, 7) is 13.6. The number of hydrogen-bond acceptors (Lipinski definition) is 5. The zero-order valence-corrected chi connectivity index (χ0v) is 20.9. The molecule has 0 spiro atoms. The Morgan fingerprint density at radius 3 is 2.35 bits per heavy atom. The molecule has 2 aromatic rings. The van der Waals surface area contributed by atoms with Gasteiger partial charge in [0.25, 0.3) is 11.7 Å². The van der Waals surface area contributed by atoms with E-state index in [1.807, 2.05) is 43.3 Å². The quantitative estimate of drug-likeness (QED) is 0.311. The largest absolute Gasteiger partial charge is 0.507 e. The predicted octanol–water partition coefficient (Wildman–Crippen LogP) is 4.79. The van der Waals surface area contributed by atoms with Crippen LogP contribution in [0, 0.1) is 12.8 Å². The summed E-state index contributed by atoms with van der Waals surface area (Å²) in [5.41, 5.74) is 2.24. The van der Waals surface area contributed by atoms with E-state index in [1.165, 1.54) is 0 Å². The number of likely N-dealkylation sites (N-methyl/N-ethyl adjacent to an activating group) is 1. The van der Waals surface area contributed by atoms with Crippen LogP contribution >= 0.6 is 0 Å². The summed E-state index contributed by atoms with van der Waals surface area (Å²) in [5.74, 6) is -0.262. The third-order valence-corrected chi connectivity index (χ3v) is 6.24. The lowest BCUT2D eigenvalue weighted by Crippen LogP contribution is -2.38. The monoisotopic (exact) mass is 464 g/mol. The first-order chi connectivity index (χ1) is 16.3. The van der Waals surface area contributed by atoms with Gasteiger partial charge in [0.05, 0.1) is 18.2 Å². The van der Waals surface area contributed by atoms with Crippen molar-refractivity contribution in [3.8, 4) is 5.75 Å². The SMILES string of the molecule is CCN(CC)CCN1C(=O)C(=O)/C(=C(/O)c2ccc(OCC(C)C)cc2C)[C@H]1c1ccccc1. The van der Waals surface area contributed by atoms with Crippen molar-refractivity contribution in [2.24, 2.45) is 5.92 Å². The average Bonchev–Trinajstić information content (AvgIpc) is 3.08. The minimum Gasteiger partial charge on any atom is -0.507 e. The van der Waals surface area contributed by atoms with Gasteiger partial charge in [-0.05, 0) is 55.3 Å². The smallest absolute Gasteiger partial charge is 0.295 e. The molecule has 1 atom stereocenters. The Hall–Kier alpha value is -3.12. The van der Waals surface area contributed by atoms with Crippen molar-refractivity contribution in [1.82, 2.24) is 9.80 Å². The van der Waals surface area contributed by atoms with E-state index in [2.05, 4.69) is 32.6 Å². The van der Waals surface area contributed by atoms with Gasteiger partial charge >= 0.3 is 0 Å². The van der Waals surface area contributed by atoms with Crippen LogP contribution in [0.25, 0.3) is 5.76 Å². The normalized spacial score (nSPS) is 17.7. The summed E-state index contributed by atoms with van der Waals surface area (Å²) in [5, 5.41) is 11.3. The molecule has 3 rings (SSSR count). The second-order valence-corrected chi connectivity index (χ2v) is 9.11. The van der Waals surface area contributed by atoms with Crippen molar-refractivity contribution < 1.29 is 19.4 Å². The van der Waals surface area contributed by atoms with Crippen LogP contribution < -0.4 is 4.74 Å².